The summed E-state index contributed by atoms with van der Waals surface area (Å²) in [6.07, 6.45) is -0.228. The number of hydrogen-bond donors (Lipinski definition) is 0. The number of nitrogens with zero attached hydrogens (tertiary/aromatic N) is 1. The van der Waals surface area contributed by atoms with Crippen molar-refractivity contribution in [1.82, 2.24) is 4.90 Å². The van der Waals surface area contributed by atoms with Crippen LogP contribution in [0.2, 0.25) is 0 Å². The second kappa shape index (κ2) is 6.84. The van der Waals surface area contributed by atoms with Crippen LogP contribution in [0, 0.1) is 0 Å². The van der Waals surface area contributed by atoms with E-state index in [1.165, 1.54) is 0 Å². The summed E-state index contributed by atoms with van der Waals surface area (Å²) < 4.78 is 26.3. The van der Waals surface area contributed by atoms with Gasteiger partial charge in [0.1, 0.15) is 0 Å². The number of ether oxygens (including phenoxy) is 1. The molecule has 0 bridgehead atoms. The summed E-state index contributed by atoms with van der Waals surface area (Å²) in [5.41, 5.74) is 1.45. The maximum Gasteiger partial charge on any atom is 0.175 e. The summed E-state index contributed by atoms with van der Waals surface area (Å²) in [4.78, 5) is 1.82. The summed E-state index contributed by atoms with van der Waals surface area (Å²) in [5.74, 6) is 0.558. The monoisotopic (exact) mass is 313 g/mol. The molecule has 0 amide bonds. The number of furan rings is 1. The van der Waals surface area contributed by atoms with Crippen LogP contribution in [-0.2, 0) is 0 Å². The first-order chi connectivity index (χ1) is 11.1. The van der Waals surface area contributed by atoms with E-state index in [-0.39, 0.29) is 6.54 Å². The van der Waals surface area contributed by atoms with Gasteiger partial charge in [-0.25, -0.2) is 4.39 Å². The molecule has 2 atom stereocenters. The fourth-order valence-corrected chi connectivity index (χ4v) is 2.63. The molecule has 0 radical (unpaired) electrons. The minimum absolute atomic E-state index is 0.285. The molecule has 1 heterocycles. The van der Waals surface area contributed by atoms with Crippen LogP contribution in [0.25, 0.3) is 11.0 Å². The Labute approximate surface area is 135 Å². The first-order valence-electron chi connectivity index (χ1n) is 7.62. The molecule has 3 rings (SSSR count). The highest BCUT2D eigenvalue weighted by Gasteiger charge is 2.26. The van der Waals surface area contributed by atoms with E-state index in [1.807, 2.05) is 73.6 Å². The molecule has 3 aromatic rings. The maximum atomic E-state index is 14.8. The van der Waals surface area contributed by atoms with Crippen LogP contribution >= 0.6 is 0 Å². The maximum absolute atomic E-state index is 14.8. The molecule has 120 valence electrons. The third-order valence-electron chi connectivity index (χ3n) is 3.69. The molecule has 0 aliphatic heterocycles. The number of rotatable bonds is 6. The predicted molar refractivity (Wildman–Crippen MR) is 89.5 cm³/mol. The van der Waals surface area contributed by atoms with E-state index in [4.69, 9.17) is 9.15 Å². The molecule has 2 aromatic carbocycles. The zero-order valence-electron chi connectivity index (χ0n) is 13.3. The normalized spacial score (nSPS) is 14.1. The third kappa shape index (κ3) is 3.54. The fourth-order valence-electron chi connectivity index (χ4n) is 2.63. The molecule has 0 aliphatic rings. The van der Waals surface area contributed by atoms with Crippen LogP contribution in [0.3, 0.4) is 0 Å². The number of fused-ring (bicyclic) bond motifs is 1. The number of hydrogen-bond acceptors (Lipinski definition) is 3. The standard InChI is InChI=1S/C19H20FNO2/c1-21(2)13-16(20)18(14-7-4-3-5-8-14)23-17-10-6-9-15-11-12-22-19(15)17/h3-12,16,18H,13H2,1-2H3/t16-,18-/m1/s1. The van der Waals surface area contributed by atoms with E-state index in [2.05, 4.69) is 0 Å². The topological polar surface area (TPSA) is 25.6 Å². The van der Waals surface area contributed by atoms with Crippen LogP contribution in [0.15, 0.2) is 65.3 Å². The van der Waals surface area contributed by atoms with Crippen LogP contribution < -0.4 is 4.74 Å². The predicted octanol–water partition coefficient (Wildman–Crippen LogP) is 4.45. The van der Waals surface area contributed by atoms with Gasteiger partial charge in [0, 0.05) is 11.9 Å². The molecule has 4 heteroatoms. The largest absolute Gasteiger partial charge is 0.479 e. The average Bonchev–Trinajstić information content (AvgIpc) is 3.02. The third-order valence-corrected chi connectivity index (χ3v) is 3.69. The van der Waals surface area contributed by atoms with E-state index in [0.717, 1.165) is 10.9 Å². The molecule has 0 fully saturated rings. The van der Waals surface area contributed by atoms with Gasteiger partial charge in [-0.2, -0.15) is 0 Å². The lowest BCUT2D eigenvalue weighted by molar-refractivity contribution is 0.0810. The lowest BCUT2D eigenvalue weighted by Gasteiger charge is -2.25. The Morgan fingerprint density at radius 3 is 2.57 bits per heavy atom. The molecule has 3 nitrogen and oxygen atoms in total. The molecular formula is C19H20FNO2. The average molecular weight is 313 g/mol. The van der Waals surface area contributed by atoms with Gasteiger partial charge in [0.15, 0.2) is 23.6 Å². The lowest BCUT2D eigenvalue weighted by Crippen LogP contribution is -2.30. The minimum Gasteiger partial charge on any atom is -0.479 e. The number of alkyl halides is 1. The van der Waals surface area contributed by atoms with E-state index in [1.54, 1.807) is 6.26 Å². The highest BCUT2D eigenvalue weighted by atomic mass is 19.1. The Morgan fingerprint density at radius 1 is 1.04 bits per heavy atom. The second-order valence-electron chi connectivity index (χ2n) is 5.82. The van der Waals surface area contributed by atoms with E-state index in [9.17, 15) is 4.39 Å². The Hall–Kier alpha value is -2.33. The van der Waals surface area contributed by atoms with Crippen LogP contribution in [0.1, 0.15) is 11.7 Å². The Bertz CT molecular complexity index is 754. The molecule has 0 saturated carbocycles. The summed E-state index contributed by atoms with van der Waals surface area (Å²) in [5, 5.41) is 0.942. The number of benzene rings is 2. The zero-order chi connectivity index (χ0) is 16.2. The van der Waals surface area contributed by atoms with Crippen molar-refractivity contribution in [3.63, 3.8) is 0 Å². The van der Waals surface area contributed by atoms with Gasteiger partial charge < -0.3 is 14.1 Å². The van der Waals surface area contributed by atoms with Crippen molar-refractivity contribution in [2.45, 2.75) is 12.3 Å². The van der Waals surface area contributed by atoms with Crippen molar-refractivity contribution in [3.8, 4) is 5.75 Å². The van der Waals surface area contributed by atoms with Gasteiger partial charge >= 0.3 is 0 Å². The van der Waals surface area contributed by atoms with Crippen molar-refractivity contribution in [1.29, 1.82) is 0 Å². The molecular weight excluding hydrogens is 293 g/mol. The second-order valence-corrected chi connectivity index (χ2v) is 5.82. The van der Waals surface area contributed by atoms with Crippen molar-refractivity contribution >= 4 is 11.0 Å². The van der Waals surface area contributed by atoms with Gasteiger partial charge in [0.25, 0.3) is 0 Å². The van der Waals surface area contributed by atoms with Crippen LogP contribution in [-0.4, -0.2) is 31.7 Å². The van der Waals surface area contributed by atoms with Crippen molar-refractivity contribution < 1.29 is 13.5 Å². The minimum atomic E-state index is -1.15. The first kappa shape index (κ1) is 15.6. The summed E-state index contributed by atoms with van der Waals surface area (Å²) in [7, 11) is 3.70. The van der Waals surface area contributed by atoms with Crippen molar-refractivity contribution in [2.75, 3.05) is 20.6 Å². The van der Waals surface area contributed by atoms with Gasteiger partial charge in [-0.3, -0.25) is 0 Å². The number of para-hydroxylation sites is 1. The summed E-state index contributed by atoms with van der Waals surface area (Å²) in [6.45, 7) is 0.285. The van der Waals surface area contributed by atoms with E-state index >= 15 is 0 Å². The van der Waals surface area contributed by atoms with Gasteiger partial charge in [-0.05, 0) is 31.8 Å². The smallest absolute Gasteiger partial charge is 0.175 e. The Morgan fingerprint density at radius 2 is 1.83 bits per heavy atom. The first-order valence-corrected chi connectivity index (χ1v) is 7.62. The summed E-state index contributed by atoms with van der Waals surface area (Å²) in [6, 6.07) is 17.0. The highest BCUT2D eigenvalue weighted by Crippen LogP contribution is 2.32. The molecule has 0 unspecified atom stereocenters. The molecule has 0 saturated heterocycles. The van der Waals surface area contributed by atoms with E-state index in [0.29, 0.717) is 11.3 Å². The highest BCUT2D eigenvalue weighted by molar-refractivity contribution is 5.82. The lowest BCUT2D eigenvalue weighted by atomic mass is 10.0. The molecule has 0 aliphatic carbocycles. The quantitative estimate of drug-likeness (QED) is 0.672. The van der Waals surface area contributed by atoms with Gasteiger partial charge in [-0.1, -0.05) is 42.5 Å². The fraction of sp³-hybridized carbons (Fsp3) is 0.263. The SMILES string of the molecule is CN(C)C[C@@H](F)[C@H](Oc1cccc2ccoc12)c1ccccc1. The molecule has 0 spiro atoms. The van der Waals surface area contributed by atoms with Crippen molar-refractivity contribution in [2.24, 2.45) is 0 Å². The van der Waals surface area contributed by atoms with Gasteiger partial charge in [-0.15, -0.1) is 0 Å². The zero-order valence-corrected chi connectivity index (χ0v) is 13.3. The number of halogens is 1. The van der Waals surface area contributed by atoms with Crippen LogP contribution in [0.4, 0.5) is 4.39 Å². The van der Waals surface area contributed by atoms with Crippen LogP contribution in [0.5, 0.6) is 5.75 Å². The molecule has 0 N–H and O–H groups in total. The van der Waals surface area contributed by atoms with Gasteiger partial charge in [0.2, 0.25) is 0 Å². The molecule has 23 heavy (non-hydrogen) atoms. The Balaban J connectivity index is 1.94. The Kier molecular flexibility index (Phi) is 4.63. The van der Waals surface area contributed by atoms with E-state index < -0.39 is 12.3 Å². The van der Waals surface area contributed by atoms with Crippen molar-refractivity contribution in [3.05, 3.63) is 66.4 Å². The summed E-state index contributed by atoms with van der Waals surface area (Å²) >= 11 is 0. The molecule has 1 aromatic heterocycles. The van der Waals surface area contributed by atoms with Gasteiger partial charge in [0.05, 0.1) is 6.26 Å².